The van der Waals surface area contributed by atoms with E-state index in [1.807, 2.05) is 29.2 Å². The maximum absolute atomic E-state index is 13.3. The molecule has 5 rings (SSSR count). The topological polar surface area (TPSA) is 53.0 Å². The van der Waals surface area contributed by atoms with Crippen molar-refractivity contribution in [3.8, 4) is 5.75 Å². The van der Waals surface area contributed by atoms with Crippen molar-refractivity contribution >= 4 is 16.7 Å². The van der Waals surface area contributed by atoms with E-state index in [9.17, 15) is 23.1 Å². The predicted octanol–water partition coefficient (Wildman–Crippen LogP) is 4.18. The average Bonchev–Trinajstić information content (AvgIpc) is 3.40. The molecule has 32 heavy (non-hydrogen) atoms. The third-order valence-corrected chi connectivity index (χ3v) is 7.17. The molecule has 2 fully saturated rings. The van der Waals surface area contributed by atoms with Crippen molar-refractivity contribution in [3.05, 3.63) is 41.5 Å². The van der Waals surface area contributed by atoms with Crippen molar-refractivity contribution in [2.75, 3.05) is 26.4 Å². The third kappa shape index (κ3) is 3.94. The number of hydrogen-bond donors (Lipinski definition) is 1. The maximum Gasteiger partial charge on any atom is 0.393 e. The molecular weight excluding hydrogens is 421 g/mol. The molecule has 1 amide bonds. The van der Waals surface area contributed by atoms with Crippen molar-refractivity contribution in [2.24, 2.45) is 11.8 Å². The number of carbonyl (C=O) groups excluding carboxylic acids is 1. The standard InChI is InChI=1S/C24H27F3N2O3/c25-24(26,27)17-8-9-28(13-17)11-16-10-20-22(19-6-2-1-5-18(16)19)32-14-29(23(20)31)12-15-4-3-7-21(15)30/h1-2,5-6,10,15,17,21,30H,3-4,7-9,11-14H2/t15?,17?,21-/m0/s1. The highest BCUT2D eigenvalue weighted by Crippen LogP contribution is 2.39. The highest BCUT2D eigenvalue weighted by Gasteiger charge is 2.43. The number of hydrogen-bond acceptors (Lipinski definition) is 4. The summed E-state index contributed by atoms with van der Waals surface area (Å²) in [6.45, 7) is 1.30. The van der Waals surface area contributed by atoms with Gasteiger partial charge in [-0.2, -0.15) is 13.2 Å². The molecular formula is C24H27F3N2O3. The SMILES string of the molecule is O=C1c2cc(CN3CCC(C(F)(F)F)C3)c3ccccc3c2OCN1CC1CCC[C@@H]1O. The first-order valence-corrected chi connectivity index (χ1v) is 11.2. The zero-order chi connectivity index (χ0) is 22.5. The second kappa shape index (κ2) is 8.23. The molecule has 1 saturated heterocycles. The summed E-state index contributed by atoms with van der Waals surface area (Å²) < 4.78 is 45.4. The van der Waals surface area contributed by atoms with Gasteiger partial charge in [0, 0.05) is 30.9 Å². The zero-order valence-electron chi connectivity index (χ0n) is 17.8. The molecule has 172 valence electrons. The first-order chi connectivity index (χ1) is 15.3. The van der Waals surface area contributed by atoms with Gasteiger partial charge in [-0.1, -0.05) is 30.7 Å². The summed E-state index contributed by atoms with van der Waals surface area (Å²) in [5.41, 5.74) is 1.28. The first kappa shape index (κ1) is 21.5. The van der Waals surface area contributed by atoms with E-state index in [0.29, 0.717) is 30.9 Å². The highest BCUT2D eigenvalue weighted by molar-refractivity contribution is 6.05. The van der Waals surface area contributed by atoms with Crippen LogP contribution in [0.25, 0.3) is 10.8 Å². The Morgan fingerprint density at radius 1 is 1.12 bits per heavy atom. The van der Waals surface area contributed by atoms with Crippen LogP contribution in [0, 0.1) is 11.8 Å². The van der Waals surface area contributed by atoms with Gasteiger partial charge in [-0.15, -0.1) is 0 Å². The Labute approximate surface area is 184 Å². The Hall–Kier alpha value is -2.32. The molecule has 0 spiro atoms. The summed E-state index contributed by atoms with van der Waals surface area (Å²) in [6, 6.07) is 9.37. The van der Waals surface area contributed by atoms with Gasteiger partial charge in [0.2, 0.25) is 0 Å². The molecule has 2 aliphatic heterocycles. The second-order valence-electron chi connectivity index (χ2n) is 9.28. The normalized spacial score (nSPS) is 26.6. The van der Waals surface area contributed by atoms with Crippen LogP contribution in [0.1, 0.15) is 41.6 Å². The number of alkyl halides is 3. The van der Waals surface area contributed by atoms with Crippen LogP contribution in [0.4, 0.5) is 13.2 Å². The van der Waals surface area contributed by atoms with E-state index < -0.39 is 18.2 Å². The number of likely N-dealkylation sites (tertiary alicyclic amines) is 1. The van der Waals surface area contributed by atoms with E-state index in [2.05, 4.69) is 0 Å². The van der Waals surface area contributed by atoms with Crippen molar-refractivity contribution in [3.63, 3.8) is 0 Å². The van der Waals surface area contributed by atoms with E-state index >= 15 is 0 Å². The average molecular weight is 448 g/mol. The van der Waals surface area contributed by atoms with Crippen molar-refractivity contribution in [2.45, 2.75) is 44.5 Å². The Morgan fingerprint density at radius 3 is 2.59 bits per heavy atom. The number of aliphatic hydroxyl groups excluding tert-OH is 1. The number of amides is 1. The van der Waals surface area contributed by atoms with Crippen molar-refractivity contribution < 1.29 is 27.8 Å². The molecule has 2 aromatic rings. The Bertz CT molecular complexity index is 1030. The summed E-state index contributed by atoms with van der Waals surface area (Å²) in [4.78, 5) is 16.8. The lowest BCUT2D eigenvalue weighted by molar-refractivity contribution is -0.170. The number of halogens is 3. The fourth-order valence-electron chi connectivity index (χ4n) is 5.37. The molecule has 5 nitrogen and oxygen atoms in total. The van der Waals surface area contributed by atoms with Crippen LogP contribution in [0.5, 0.6) is 5.75 Å². The van der Waals surface area contributed by atoms with Crippen LogP contribution < -0.4 is 4.74 Å². The highest BCUT2D eigenvalue weighted by atomic mass is 19.4. The lowest BCUT2D eigenvalue weighted by Crippen LogP contribution is -2.43. The van der Waals surface area contributed by atoms with Gasteiger partial charge >= 0.3 is 6.18 Å². The Kier molecular flexibility index (Phi) is 5.53. The fraction of sp³-hybridized carbons (Fsp3) is 0.542. The van der Waals surface area contributed by atoms with Gasteiger partial charge in [-0.3, -0.25) is 9.69 Å². The number of carbonyl (C=O) groups is 1. The molecule has 8 heteroatoms. The molecule has 1 aliphatic carbocycles. The van der Waals surface area contributed by atoms with Gasteiger partial charge in [0.1, 0.15) is 5.75 Å². The molecule has 2 aromatic carbocycles. The predicted molar refractivity (Wildman–Crippen MR) is 113 cm³/mol. The summed E-state index contributed by atoms with van der Waals surface area (Å²) in [5.74, 6) is -0.864. The molecule has 1 saturated carbocycles. The lowest BCUT2D eigenvalue weighted by Gasteiger charge is -2.32. The molecule has 3 atom stereocenters. The summed E-state index contributed by atoms with van der Waals surface area (Å²) in [7, 11) is 0. The smallest absolute Gasteiger partial charge is 0.393 e. The number of benzene rings is 2. The van der Waals surface area contributed by atoms with Gasteiger partial charge in [0.15, 0.2) is 6.73 Å². The van der Waals surface area contributed by atoms with Gasteiger partial charge in [-0.05, 0) is 42.8 Å². The van der Waals surface area contributed by atoms with Crippen LogP contribution in [0.3, 0.4) is 0 Å². The molecule has 0 bridgehead atoms. The summed E-state index contributed by atoms with van der Waals surface area (Å²) in [5, 5.41) is 11.9. The van der Waals surface area contributed by atoms with E-state index in [4.69, 9.17) is 4.74 Å². The van der Waals surface area contributed by atoms with E-state index in [1.165, 1.54) is 0 Å². The summed E-state index contributed by atoms with van der Waals surface area (Å²) >= 11 is 0. The number of fused-ring (bicyclic) bond motifs is 3. The van der Waals surface area contributed by atoms with E-state index in [1.54, 1.807) is 11.0 Å². The fourth-order valence-corrected chi connectivity index (χ4v) is 5.37. The molecule has 0 radical (unpaired) electrons. The van der Waals surface area contributed by atoms with Gasteiger partial charge in [0.25, 0.3) is 5.91 Å². The second-order valence-corrected chi connectivity index (χ2v) is 9.28. The minimum absolute atomic E-state index is 0.0228. The molecule has 3 aliphatic rings. The van der Waals surface area contributed by atoms with Crippen LogP contribution in [-0.2, 0) is 6.54 Å². The maximum atomic E-state index is 13.3. The monoisotopic (exact) mass is 448 g/mol. The third-order valence-electron chi connectivity index (χ3n) is 7.17. The number of nitrogens with zero attached hydrogens (tertiary/aromatic N) is 2. The first-order valence-electron chi connectivity index (χ1n) is 11.2. The van der Waals surface area contributed by atoms with Crippen LogP contribution in [0.2, 0.25) is 0 Å². The number of ether oxygens (including phenoxy) is 1. The quantitative estimate of drug-likeness (QED) is 0.763. The number of rotatable bonds is 4. The zero-order valence-corrected chi connectivity index (χ0v) is 17.8. The Balaban J connectivity index is 1.43. The van der Waals surface area contributed by atoms with Crippen molar-refractivity contribution in [1.82, 2.24) is 9.80 Å². The molecule has 2 heterocycles. The van der Waals surface area contributed by atoms with Gasteiger partial charge in [0.05, 0.1) is 17.6 Å². The molecule has 2 unspecified atom stereocenters. The summed E-state index contributed by atoms with van der Waals surface area (Å²) in [6.07, 6.45) is -1.88. The van der Waals surface area contributed by atoms with Gasteiger partial charge < -0.3 is 14.7 Å². The minimum Gasteiger partial charge on any atom is -0.472 e. The van der Waals surface area contributed by atoms with Gasteiger partial charge in [-0.25, -0.2) is 0 Å². The largest absolute Gasteiger partial charge is 0.472 e. The van der Waals surface area contributed by atoms with Crippen LogP contribution in [-0.4, -0.2) is 59.5 Å². The van der Waals surface area contributed by atoms with Crippen molar-refractivity contribution in [1.29, 1.82) is 0 Å². The number of aliphatic hydroxyl groups is 1. The Morgan fingerprint density at radius 2 is 1.91 bits per heavy atom. The van der Waals surface area contributed by atoms with Crippen LogP contribution >= 0.6 is 0 Å². The van der Waals surface area contributed by atoms with Crippen LogP contribution in [0.15, 0.2) is 30.3 Å². The minimum atomic E-state index is -4.18. The molecule has 1 N–H and O–H groups in total. The molecule has 0 aromatic heterocycles. The lowest BCUT2D eigenvalue weighted by atomic mass is 9.97. The van der Waals surface area contributed by atoms with E-state index in [0.717, 1.165) is 35.6 Å². The van der Waals surface area contributed by atoms with E-state index in [-0.39, 0.29) is 31.5 Å².